The number of aliphatic hydroxyl groups is 2. The Labute approximate surface area is 174 Å². The van der Waals surface area contributed by atoms with Gasteiger partial charge in [-0.3, -0.25) is 4.90 Å². The van der Waals surface area contributed by atoms with Crippen molar-refractivity contribution in [1.82, 2.24) is 19.9 Å². The highest BCUT2D eigenvalue weighted by molar-refractivity contribution is 5.83. The molecule has 0 saturated carbocycles. The number of anilines is 2. The average molecular weight is 404 g/mol. The van der Waals surface area contributed by atoms with Gasteiger partial charge in [0, 0.05) is 6.54 Å². The molecule has 4 N–H and O–H groups in total. The average Bonchev–Trinajstić information content (AvgIpc) is 3.21. The predicted molar refractivity (Wildman–Crippen MR) is 117 cm³/mol. The number of fused-ring (bicyclic) bond motifs is 1. The van der Waals surface area contributed by atoms with Gasteiger partial charge in [-0.15, -0.1) is 0 Å². The molecule has 0 aliphatic carbocycles. The molecule has 0 fully saturated rings. The number of nitrogens with one attached hydrogen (secondary N) is 2. The van der Waals surface area contributed by atoms with Gasteiger partial charge < -0.3 is 20.5 Å². The first-order chi connectivity index (χ1) is 14.5. The van der Waals surface area contributed by atoms with E-state index in [4.69, 9.17) is 0 Å². The van der Waals surface area contributed by atoms with Crippen LogP contribution in [0.25, 0.3) is 22.3 Å². The van der Waals surface area contributed by atoms with Crippen molar-refractivity contribution in [3.05, 3.63) is 66.5 Å². The number of hydrogen-bond acceptors (Lipinski definition) is 7. The molecular formula is C22H24N6O2. The molecule has 2 atom stereocenters. The van der Waals surface area contributed by atoms with Crippen LogP contribution in [-0.2, 0) is 6.54 Å². The fourth-order valence-corrected chi connectivity index (χ4v) is 3.34. The Bertz CT molecular complexity index is 1100. The van der Waals surface area contributed by atoms with Crippen molar-refractivity contribution in [2.45, 2.75) is 32.8 Å². The van der Waals surface area contributed by atoms with Gasteiger partial charge in [-0.2, -0.15) is 9.97 Å². The number of H-pyrrole nitrogens is 1. The van der Waals surface area contributed by atoms with Crippen LogP contribution in [0.5, 0.6) is 0 Å². The third-order valence-corrected chi connectivity index (χ3v) is 4.83. The molecule has 0 spiro atoms. The third-order valence-electron chi connectivity index (χ3n) is 4.83. The first-order valence-corrected chi connectivity index (χ1v) is 9.77. The summed E-state index contributed by atoms with van der Waals surface area (Å²) in [5, 5.41) is 23.3. The number of aromatic amines is 1. The second-order valence-electron chi connectivity index (χ2n) is 7.06. The topological polar surface area (TPSA) is 110 Å². The van der Waals surface area contributed by atoms with Crippen LogP contribution in [0, 0.1) is 0 Å². The monoisotopic (exact) mass is 404 g/mol. The molecular weight excluding hydrogens is 380 g/mol. The molecule has 0 radical (unpaired) electrons. The zero-order valence-electron chi connectivity index (χ0n) is 16.8. The summed E-state index contributed by atoms with van der Waals surface area (Å²) < 4.78 is 0. The van der Waals surface area contributed by atoms with Crippen LogP contribution in [0.3, 0.4) is 0 Å². The number of aromatic nitrogens is 4. The molecule has 4 rings (SSSR count). The van der Waals surface area contributed by atoms with E-state index < -0.39 is 12.5 Å². The van der Waals surface area contributed by atoms with Crippen molar-refractivity contribution in [3.63, 3.8) is 0 Å². The zero-order valence-corrected chi connectivity index (χ0v) is 16.8. The standard InChI is InChI=1S/C22H24N6O2/c1-14(29)28(15(2)30)22-26-20(19-21(27-22)25-13-24-19)23-12-16-8-10-18(11-9-16)17-6-4-3-5-7-17/h3-11,13-15,29-30H,12H2,1-2H3,(H2,23,24,25,26,27). The molecule has 2 heterocycles. The predicted octanol–water partition coefficient (Wildman–Crippen LogP) is 3.12. The maximum absolute atomic E-state index is 10.0. The third kappa shape index (κ3) is 4.10. The van der Waals surface area contributed by atoms with Crippen LogP contribution in [0.2, 0.25) is 0 Å². The van der Waals surface area contributed by atoms with Gasteiger partial charge in [0.25, 0.3) is 0 Å². The smallest absolute Gasteiger partial charge is 0.233 e. The van der Waals surface area contributed by atoms with E-state index in [0.29, 0.717) is 23.5 Å². The van der Waals surface area contributed by atoms with Crippen LogP contribution in [0.4, 0.5) is 11.8 Å². The molecule has 0 bridgehead atoms. The minimum Gasteiger partial charge on any atom is -0.374 e. The van der Waals surface area contributed by atoms with Crippen molar-refractivity contribution in [2.24, 2.45) is 0 Å². The lowest BCUT2D eigenvalue weighted by Crippen LogP contribution is -2.41. The van der Waals surface area contributed by atoms with Crippen molar-refractivity contribution in [1.29, 1.82) is 0 Å². The lowest BCUT2D eigenvalue weighted by molar-refractivity contribution is 0.103. The lowest BCUT2D eigenvalue weighted by Gasteiger charge is -2.28. The summed E-state index contributed by atoms with van der Waals surface area (Å²) >= 11 is 0. The minimum absolute atomic E-state index is 0.196. The van der Waals surface area contributed by atoms with Crippen molar-refractivity contribution in [2.75, 3.05) is 10.2 Å². The largest absolute Gasteiger partial charge is 0.374 e. The Morgan fingerprint density at radius 3 is 2.27 bits per heavy atom. The summed E-state index contributed by atoms with van der Waals surface area (Å²) in [6.07, 6.45) is -0.377. The van der Waals surface area contributed by atoms with Crippen molar-refractivity contribution >= 4 is 22.9 Å². The Morgan fingerprint density at radius 2 is 1.60 bits per heavy atom. The van der Waals surface area contributed by atoms with E-state index in [-0.39, 0.29) is 5.95 Å². The fourth-order valence-electron chi connectivity index (χ4n) is 3.34. The lowest BCUT2D eigenvalue weighted by atomic mass is 10.0. The summed E-state index contributed by atoms with van der Waals surface area (Å²) in [7, 11) is 0. The fraction of sp³-hybridized carbons (Fsp3) is 0.227. The van der Waals surface area contributed by atoms with Gasteiger partial charge in [0.05, 0.1) is 6.33 Å². The molecule has 0 saturated heterocycles. The van der Waals surface area contributed by atoms with Crippen molar-refractivity contribution < 1.29 is 10.2 Å². The van der Waals surface area contributed by atoms with Gasteiger partial charge in [-0.05, 0) is 30.5 Å². The molecule has 0 aliphatic heterocycles. The Hall–Kier alpha value is -3.49. The Morgan fingerprint density at radius 1 is 0.933 bits per heavy atom. The molecule has 2 unspecified atom stereocenters. The first-order valence-electron chi connectivity index (χ1n) is 9.77. The number of imidazole rings is 1. The molecule has 2 aromatic carbocycles. The number of rotatable bonds is 7. The SMILES string of the molecule is CC(O)N(c1nc(NCc2ccc(-c3ccccc3)cc2)c2[nH]cnc2n1)C(C)O. The number of hydrogen-bond donors (Lipinski definition) is 4. The molecule has 2 aromatic heterocycles. The normalized spacial score (nSPS) is 13.2. The van der Waals surface area contributed by atoms with Gasteiger partial charge >= 0.3 is 0 Å². The molecule has 8 heteroatoms. The summed E-state index contributed by atoms with van der Waals surface area (Å²) in [5.41, 5.74) is 4.53. The molecule has 154 valence electrons. The van der Waals surface area contributed by atoms with Crippen LogP contribution in [-0.4, -0.2) is 42.6 Å². The molecule has 8 nitrogen and oxygen atoms in total. The molecule has 30 heavy (non-hydrogen) atoms. The summed E-state index contributed by atoms with van der Waals surface area (Å²) in [4.78, 5) is 17.4. The number of nitrogens with zero attached hydrogens (tertiary/aromatic N) is 4. The molecule has 0 aliphatic rings. The summed E-state index contributed by atoms with van der Waals surface area (Å²) in [6, 6.07) is 18.5. The van der Waals surface area contributed by atoms with Gasteiger partial charge in [0.2, 0.25) is 5.95 Å². The zero-order chi connectivity index (χ0) is 21.1. The van der Waals surface area contributed by atoms with E-state index >= 15 is 0 Å². The molecule has 4 aromatic rings. The van der Waals surface area contributed by atoms with Crippen molar-refractivity contribution in [3.8, 4) is 11.1 Å². The quantitative estimate of drug-likeness (QED) is 0.350. The second kappa shape index (κ2) is 8.48. The highest BCUT2D eigenvalue weighted by Gasteiger charge is 2.22. The van der Waals surface area contributed by atoms with Crippen LogP contribution >= 0.6 is 0 Å². The maximum atomic E-state index is 10.0. The molecule has 0 amide bonds. The Balaban J connectivity index is 1.57. The number of aliphatic hydroxyl groups excluding tert-OH is 2. The van der Waals surface area contributed by atoms with E-state index in [1.54, 1.807) is 13.8 Å². The first kappa shape index (κ1) is 19.8. The highest BCUT2D eigenvalue weighted by Crippen LogP contribution is 2.24. The minimum atomic E-state index is -0.959. The van der Waals surface area contributed by atoms with E-state index in [0.717, 1.165) is 11.1 Å². The van der Waals surface area contributed by atoms with Gasteiger partial charge in [0.15, 0.2) is 11.5 Å². The number of benzene rings is 2. The summed E-state index contributed by atoms with van der Waals surface area (Å²) in [6.45, 7) is 3.64. The second-order valence-corrected chi connectivity index (χ2v) is 7.06. The van der Waals surface area contributed by atoms with Gasteiger partial charge in [-0.1, -0.05) is 54.6 Å². The van der Waals surface area contributed by atoms with E-state index in [2.05, 4.69) is 61.7 Å². The van der Waals surface area contributed by atoms with E-state index in [1.165, 1.54) is 16.8 Å². The van der Waals surface area contributed by atoms with Crippen LogP contribution in [0.15, 0.2) is 60.9 Å². The van der Waals surface area contributed by atoms with E-state index in [9.17, 15) is 10.2 Å². The van der Waals surface area contributed by atoms with Gasteiger partial charge in [0.1, 0.15) is 18.0 Å². The van der Waals surface area contributed by atoms with E-state index in [1.807, 2.05) is 18.2 Å². The van der Waals surface area contributed by atoms with Crippen LogP contribution in [0.1, 0.15) is 19.4 Å². The van der Waals surface area contributed by atoms with Crippen LogP contribution < -0.4 is 10.2 Å². The highest BCUT2D eigenvalue weighted by atomic mass is 16.3. The van der Waals surface area contributed by atoms with Gasteiger partial charge in [-0.25, -0.2) is 4.98 Å². The Kier molecular flexibility index (Phi) is 5.60. The summed E-state index contributed by atoms with van der Waals surface area (Å²) in [5.74, 6) is 0.743. The maximum Gasteiger partial charge on any atom is 0.233 e.